The van der Waals surface area contributed by atoms with E-state index in [1.54, 1.807) is 6.07 Å². The van der Waals surface area contributed by atoms with Crippen LogP contribution in [0.1, 0.15) is 12.0 Å². The van der Waals surface area contributed by atoms with Gasteiger partial charge in [0.05, 0.1) is 17.4 Å². The molecule has 1 saturated heterocycles. The number of rotatable bonds is 4. The van der Waals surface area contributed by atoms with Gasteiger partial charge in [-0.1, -0.05) is 17.7 Å². The predicted octanol–water partition coefficient (Wildman–Crippen LogP) is 2.54. The highest BCUT2D eigenvalue weighted by molar-refractivity contribution is 6.29. The lowest BCUT2D eigenvalue weighted by Gasteiger charge is -2.26. The van der Waals surface area contributed by atoms with Gasteiger partial charge in [-0.05, 0) is 11.6 Å². The molecule has 1 aromatic heterocycles. The third-order valence-corrected chi connectivity index (χ3v) is 3.33. The van der Waals surface area contributed by atoms with Crippen molar-refractivity contribution < 1.29 is 18.1 Å². The maximum Gasteiger partial charge on any atom is 0.391 e. The molecular formula is C12H12ClF3N4O2. The monoisotopic (exact) mass is 336 g/mol. The van der Waals surface area contributed by atoms with Crippen molar-refractivity contribution in [2.45, 2.75) is 25.2 Å². The molecule has 1 aromatic rings. The van der Waals surface area contributed by atoms with Crippen LogP contribution in [0.5, 0.6) is 0 Å². The van der Waals surface area contributed by atoms with E-state index in [4.69, 9.17) is 11.6 Å². The SMILES string of the molecule is O=[N+]([O-])/C=C1\NC[C@@H](CC(F)(F)F)N1Cc1ccc(Cl)nc1. The molecule has 6 nitrogen and oxygen atoms in total. The van der Waals surface area contributed by atoms with Crippen LogP contribution in [-0.4, -0.2) is 33.6 Å². The zero-order valence-corrected chi connectivity index (χ0v) is 11.9. The molecule has 0 radical (unpaired) electrons. The number of alkyl halides is 3. The third kappa shape index (κ3) is 4.48. The third-order valence-electron chi connectivity index (χ3n) is 3.11. The average Bonchev–Trinajstić information content (AvgIpc) is 2.72. The minimum atomic E-state index is -4.35. The summed E-state index contributed by atoms with van der Waals surface area (Å²) in [4.78, 5) is 15.1. The van der Waals surface area contributed by atoms with Crippen molar-refractivity contribution in [1.82, 2.24) is 15.2 Å². The number of hydrogen-bond acceptors (Lipinski definition) is 5. The molecule has 1 aliphatic rings. The van der Waals surface area contributed by atoms with Crippen molar-refractivity contribution in [3.05, 3.63) is 51.2 Å². The summed E-state index contributed by atoms with van der Waals surface area (Å²) in [7, 11) is 0. The predicted molar refractivity (Wildman–Crippen MR) is 72.3 cm³/mol. The summed E-state index contributed by atoms with van der Waals surface area (Å²) in [6.07, 6.45) is -3.32. The van der Waals surface area contributed by atoms with Gasteiger partial charge in [-0.3, -0.25) is 10.1 Å². The number of pyridine rings is 1. The fraction of sp³-hybridized carbons (Fsp3) is 0.417. The van der Waals surface area contributed by atoms with E-state index in [1.165, 1.54) is 17.2 Å². The van der Waals surface area contributed by atoms with Crippen LogP contribution >= 0.6 is 11.6 Å². The summed E-state index contributed by atoms with van der Waals surface area (Å²) >= 11 is 5.66. The van der Waals surface area contributed by atoms with Crippen molar-refractivity contribution in [2.24, 2.45) is 0 Å². The van der Waals surface area contributed by atoms with E-state index >= 15 is 0 Å². The van der Waals surface area contributed by atoms with Crippen molar-refractivity contribution >= 4 is 11.6 Å². The summed E-state index contributed by atoms with van der Waals surface area (Å²) in [6.45, 7) is 0.0534. The van der Waals surface area contributed by atoms with Crippen molar-refractivity contribution in [3.63, 3.8) is 0 Å². The van der Waals surface area contributed by atoms with Crippen LogP contribution in [0.25, 0.3) is 0 Å². The summed E-state index contributed by atoms with van der Waals surface area (Å²) in [6, 6.07) is 2.21. The maximum absolute atomic E-state index is 12.6. The van der Waals surface area contributed by atoms with Crippen LogP contribution in [0.4, 0.5) is 13.2 Å². The number of aromatic nitrogens is 1. The van der Waals surface area contributed by atoms with Crippen LogP contribution in [0.15, 0.2) is 30.4 Å². The molecule has 1 aliphatic heterocycles. The van der Waals surface area contributed by atoms with E-state index in [0.29, 0.717) is 11.8 Å². The molecule has 10 heteroatoms. The topological polar surface area (TPSA) is 71.3 Å². The molecule has 1 atom stereocenters. The Morgan fingerprint density at radius 3 is 2.82 bits per heavy atom. The van der Waals surface area contributed by atoms with Crippen molar-refractivity contribution in [2.75, 3.05) is 6.54 Å². The number of halogens is 4. The molecule has 0 bridgehead atoms. The standard InChI is InChI=1S/C12H12ClF3N4O2/c13-10-2-1-8(4-17-10)6-19-9(3-12(14,15)16)5-18-11(19)7-20(21)22/h1-2,4,7,9,18H,3,5-6H2/b11-7+/t9-/m1/s1. The zero-order chi connectivity index (χ0) is 16.3. The maximum atomic E-state index is 12.6. The number of nitrogens with zero attached hydrogens (tertiary/aromatic N) is 3. The first-order valence-electron chi connectivity index (χ1n) is 6.27. The van der Waals surface area contributed by atoms with Gasteiger partial charge in [0.25, 0.3) is 6.20 Å². The Bertz CT molecular complexity index is 577. The summed E-state index contributed by atoms with van der Waals surface area (Å²) < 4.78 is 37.9. The Labute approximate surface area is 128 Å². The lowest BCUT2D eigenvalue weighted by molar-refractivity contribution is -0.404. The first-order valence-corrected chi connectivity index (χ1v) is 6.65. The van der Waals surface area contributed by atoms with Gasteiger partial charge in [-0.25, -0.2) is 4.98 Å². The van der Waals surface area contributed by atoms with E-state index in [2.05, 4.69) is 10.3 Å². The first kappa shape index (κ1) is 16.3. The fourth-order valence-electron chi connectivity index (χ4n) is 2.21. The molecule has 0 amide bonds. The lowest BCUT2D eigenvalue weighted by Crippen LogP contribution is -2.34. The second-order valence-corrected chi connectivity index (χ2v) is 5.16. The Morgan fingerprint density at radius 2 is 2.27 bits per heavy atom. The minimum absolute atomic E-state index is 0.0137. The van der Waals surface area contributed by atoms with Gasteiger partial charge in [0.1, 0.15) is 5.15 Å². The normalized spacial score (nSPS) is 20.3. The van der Waals surface area contributed by atoms with E-state index in [0.717, 1.165) is 0 Å². The van der Waals surface area contributed by atoms with Crippen molar-refractivity contribution in [1.29, 1.82) is 0 Å². The Balaban J connectivity index is 2.21. The van der Waals surface area contributed by atoms with Gasteiger partial charge < -0.3 is 10.2 Å². The van der Waals surface area contributed by atoms with Gasteiger partial charge >= 0.3 is 6.18 Å². The number of nitro groups is 1. The van der Waals surface area contributed by atoms with Crippen molar-refractivity contribution in [3.8, 4) is 0 Å². The molecule has 0 unspecified atom stereocenters. The quantitative estimate of drug-likeness (QED) is 0.520. The van der Waals surface area contributed by atoms with Crippen LogP contribution in [-0.2, 0) is 6.54 Å². The fourth-order valence-corrected chi connectivity index (χ4v) is 2.32. The molecule has 22 heavy (non-hydrogen) atoms. The highest BCUT2D eigenvalue weighted by Crippen LogP contribution is 2.29. The average molecular weight is 337 g/mol. The molecule has 1 N–H and O–H groups in total. The molecule has 0 spiro atoms. The van der Waals surface area contributed by atoms with Gasteiger partial charge in [-0.2, -0.15) is 13.2 Å². The molecule has 120 valence electrons. The summed E-state index contributed by atoms with van der Waals surface area (Å²) in [5, 5.41) is 13.5. The van der Waals surface area contributed by atoms with Crippen LogP contribution < -0.4 is 5.32 Å². The first-order chi connectivity index (χ1) is 10.2. The number of nitrogens with one attached hydrogen (secondary N) is 1. The lowest BCUT2D eigenvalue weighted by atomic mass is 10.1. The molecular weight excluding hydrogens is 325 g/mol. The Kier molecular flexibility index (Phi) is 4.74. The summed E-state index contributed by atoms with van der Waals surface area (Å²) in [5.41, 5.74) is 0.606. The van der Waals surface area contributed by atoms with Crippen LogP contribution in [0.3, 0.4) is 0 Å². The minimum Gasteiger partial charge on any atom is -0.364 e. The van der Waals surface area contributed by atoms with E-state index in [1.807, 2.05) is 0 Å². The molecule has 1 fully saturated rings. The highest BCUT2D eigenvalue weighted by atomic mass is 35.5. The second kappa shape index (κ2) is 6.39. The zero-order valence-electron chi connectivity index (χ0n) is 11.2. The van der Waals surface area contributed by atoms with Gasteiger partial charge in [0, 0.05) is 19.3 Å². The van der Waals surface area contributed by atoms with Crippen LogP contribution in [0, 0.1) is 10.1 Å². The second-order valence-electron chi connectivity index (χ2n) is 4.77. The Morgan fingerprint density at radius 1 is 1.55 bits per heavy atom. The van der Waals surface area contributed by atoms with Crippen LogP contribution in [0.2, 0.25) is 5.15 Å². The largest absolute Gasteiger partial charge is 0.391 e. The Hall–Kier alpha value is -2.03. The number of hydrogen-bond donors (Lipinski definition) is 1. The molecule has 2 rings (SSSR count). The van der Waals surface area contributed by atoms with E-state index < -0.39 is 23.6 Å². The summed E-state index contributed by atoms with van der Waals surface area (Å²) in [5.74, 6) is 0.0502. The van der Waals surface area contributed by atoms with Gasteiger partial charge in [0.15, 0.2) is 5.82 Å². The molecule has 0 aromatic carbocycles. The van der Waals surface area contributed by atoms with E-state index in [-0.39, 0.29) is 24.1 Å². The molecule has 2 heterocycles. The molecule has 0 saturated carbocycles. The highest BCUT2D eigenvalue weighted by Gasteiger charge is 2.39. The smallest absolute Gasteiger partial charge is 0.364 e. The van der Waals surface area contributed by atoms with Gasteiger partial charge in [0.2, 0.25) is 0 Å². The van der Waals surface area contributed by atoms with Gasteiger partial charge in [-0.15, -0.1) is 0 Å². The van der Waals surface area contributed by atoms with E-state index in [9.17, 15) is 23.3 Å². The molecule has 0 aliphatic carbocycles.